The van der Waals surface area contributed by atoms with Gasteiger partial charge in [0.05, 0.1) is 0 Å². The highest BCUT2D eigenvalue weighted by Crippen LogP contribution is 2.21. The second-order valence-electron chi connectivity index (χ2n) is 6.19. The van der Waals surface area contributed by atoms with Crippen molar-refractivity contribution >= 4 is 0 Å². The zero-order chi connectivity index (χ0) is 14.3. The van der Waals surface area contributed by atoms with Gasteiger partial charge < -0.3 is 10.6 Å². The third kappa shape index (κ3) is 6.69. The molecule has 19 heavy (non-hydrogen) atoms. The fourth-order valence-corrected chi connectivity index (χ4v) is 2.07. The van der Waals surface area contributed by atoms with Crippen molar-refractivity contribution in [1.82, 2.24) is 4.90 Å². The lowest BCUT2D eigenvalue weighted by Crippen LogP contribution is -2.24. The van der Waals surface area contributed by atoms with Crippen molar-refractivity contribution in [1.29, 1.82) is 0 Å². The first-order valence-corrected chi connectivity index (χ1v) is 7.06. The molecule has 0 unspecified atom stereocenters. The molecule has 2 nitrogen and oxygen atoms in total. The molecule has 0 aliphatic rings. The Morgan fingerprint density at radius 1 is 1.16 bits per heavy atom. The van der Waals surface area contributed by atoms with E-state index in [-0.39, 0.29) is 11.2 Å². The summed E-state index contributed by atoms with van der Waals surface area (Å²) in [6, 6.07) is 6.74. The van der Waals surface area contributed by atoms with Crippen molar-refractivity contribution < 1.29 is 4.39 Å². The summed E-state index contributed by atoms with van der Waals surface area (Å²) in [5, 5.41) is 0. The molecule has 0 fully saturated rings. The minimum atomic E-state index is -0.171. The third-order valence-electron chi connectivity index (χ3n) is 3.56. The van der Waals surface area contributed by atoms with Crippen molar-refractivity contribution in [2.75, 3.05) is 20.1 Å². The maximum Gasteiger partial charge on any atom is 0.123 e. The topological polar surface area (TPSA) is 29.3 Å². The normalized spacial score (nSPS) is 12.1. The number of unbranched alkanes of at least 4 members (excludes halogenated alkanes) is 1. The van der Waals surface area contributed by atoms with Gasteiger partial charge in [-0.25, -0.2) is 4.39 Å². The van der Waals surface area contributed by atoms with Crippen molar-refractivity contribution in [2.45, 2.75) is 39.7 Å². The van der Waals surface area contributed by atoms with Gasteiger partial charge in [-0.15, -0.1) is 0 Å². The van der Waals surface area contributed by atoms with Crippen LogP contribution in [0.4, 0.5) is 4.39 Å². The maximum absolute atomic E-state index is 12.8. The highest BCUT2D eigenvalue weighted by atomic mass is 19.1. The molecule has 108 valence electrons. The van der Waals surface area contributed by atoms with Gasteiger partial charge in [0.25, 0.3) is 0 Å². The van der Waals surface area contributed by atoms with E-state index in [2.05, 4.69) is 25.8 Å². The van der Waals surface area contributed by atoms with E-state index in [4.69, 9.17) is 5.73 Å². The molecule has 0 bridgehead atoms. The summed E-state index contributed by atoms with van der Waals surface area (Å²) in [6.07, 6.45) is 3.56. The summed E-state index contributed by atoms with van der Waals surface area (Å²) < 4.78 is 12.8. The minimum absolute atomic E-state index is 0.171. The van der Waals surface area contributed by atoms with Gasteiger partial charge in [-0.1, -0.05) is 32.4 Å². The van der Waals surface area contributed by atoms with E-state index >= 15 is 0 Å². The highest BCUT2D eigenvalue weighted by Gasteiger charge is 2.14. The van der Waals surface area contributed by atoms with Gasteiger partial charge in [-0.05, 0) is 56.1 Å². The van der Waals surface area contributed by atoms with Crippen LogP contribution in [-0.4, -0.2) is 25.0 Å². The molecule has 0 heterocycles. The van der Waals surface area contributed by atoms with Crippen LogP contribution in [0, 0.1) is 11.2 Å². The van der Waals surface area contributed by atoms with Crippen LogP contribution in [0.1, 0.15) is 38.7 Å². The van der Waals surface area contributed by atoms with E-state index < -0.39 is 0 Å². The Kier molecular flexibility index (Phi) is 6.46. The molecule has 0 aliphatic heterocycles. The SMILES string of the molecule is CN(CCCCC(C)(C)CN)Cc1ccc(F)cc1. The molecule has 1 aromatic carbocycles. The van der Waals surface area contributed by atoms with E-state index in [1.165, 1.54) is 31.4 Å². The summed E-state index contributed by atoms with van der Waals surface area (Å²) >= 11 is 0. The number of nitrogens with two attached hydrogens (primary N) is 1. The number of rotatable bonds is 8. The van der Waals surface area contributed by atoms with Gasteiger partial charge in [-0.2, -0.15) is 0 Å². The lowest BCUT2D eigenvalue weighted by Gasteiger charge is -2.23. The van der Waals surface area contributed by atoms with Gasteiger partial charge in [0.1, 0.15) is 5.82 Å². The molecular formula is C16H27FN2. The van der Waals surface area contributed by atoms with E-state index in [9.17, 15) is 4.39 Å². The Bertz CT molecular complexity index is 360. The standard InChI is InChI=1S/C16H27FN2/c1-16(2,13-18)10-4-5-11-19(3)12-14-6-8-15(17)9-7-14/h6-9H,4-5,10-13,18H2,1-3H3. The molecule has 0 atom stereocenters. The predicted octanol–water partition coefficient (Wildman–Crippen LogP) is 3.41. The Balaban J connectivity index is 2.21. The van der Waals surface area contributed by atoms with Crippen LogP contribution in [0.5, 0.6) is 0 Å². The van der Waals surface area contributed by atoms with Crippen LogP contribution < -0.4 is 5.73 Å². The molecule has 2 N–H and O–H groups in total. The Labute approximate surface area is 116 Å². The highest BCUT2D eigenvalue weighted by molar-refractivity contribution is 5.15. The molecule has 0 radical (unpaired) electrons. The summed E-state index contributed by atoms with van der Waals surface area (Å²) in [6.45, 7) is 7.13. The van der Waals surface area contributed by atoms with Crippen molar-refractivity contribution in [3.05, 3.63) is 35.6 Å². The maximum atomic E-state index is 12.8. The summed E-state index contributed by atoms with van der Waals surface area (Å²) in [7, 11) is 2.11. The van der Waals surface area contributed by atoms with E-state index in [1.807, 2.05) is 12.1 Å². The van der Waals surface area contributed by atoms with Gasteiger partial charge in [0.15, 0.2) is 0 Å². The molecular weight excluding hydrogens is 239 g/mol. The lowest BCUT2D eigenvalue weighted by atomic mass is 9.87. The molecule has 0 saturated carbocycles. The summed E-state index contributed by atoms with van der Waals surface area (Å²) in [5.74, 6) is -0.171. The van der Waals surface area contributed by atoms with Crippen LogP contribution >= 0.6 is 0 Å². The molecule has 1 rings (SSSR count). The number of benzene rings is 1. The Morgan fingerprint density at radius 3 is 2.37 bits per heavy atom. The van der Waals surface area contributed by atoms with E-state index in [1.54, 1.807) is 0 Å². The molecule has 1 aromatic rings. The van der Waals surface area contributed by atoms with Crippen LogP contribution in [0.25, 0.3) is 0 Å². The number of halogens is 1. The van der Waals surface area contributed by atoms with Crippen LogP contribution in [0.3, 0.4) is 0 Å². The fraction of sp³-hybridized carbons (Fsp3) is 0.625. The van der Waals surface area contributed by atoms with Gasteiger partial charge in [-0.3, -0.25) is 0 Å². The third-order valence-corrected chi connectivity index (χ3v) is 3.56. The van der Waals surface area contributed by atoms with E-state index in [0.29, 0.717) is 0 Å². The van der Waals surface area contributed by atoms with Crippen LogP contribution in [-0.2, 0) is 6.54 Å². The predicted molar refractivity (Wildman–Crippen MR) is 79.4 cm³/mol. The average molecular weight is 266 g/mol. The second kappa shape index (κ2) is 7.61. The first-order chi connectivity index (χ1) is 8.93. The molecule has 0 spiro atoms. The molecule has 3 heteroatoms. The zero-order valence-electron chi connectivity index (χ0n) is 12.5. The fourth-order valence-electron chi connectivity index (χ4n) is 2.07. The number of hydrogen-bond donors (Lipinski definition) is 1. The first kappa shape index (κ1) is 16.1. The monoisotopic (exact) mass is 266 g/mol. The summed E-state index contributed by atoms with van der Waals surface area (Å²) in [4.78, 5) is 2.28. The summed E-state index contributed by atoms with van der Waals surface area (Å²) in [5.41, 5.74) is 7.14. The minimum Gasteiger partial charge on any atom is -0.330 e. The van der Waals surface area contributed by atoms with Gasteiger partial charge >= 0.3 is 0 Å². The first-order valence-electron chi connectivity index (χ1n) is 7.06. The molecule has 0 aliphatic carbocycles. The largest absolute Gasteiger partial charge is 0.330 e. The smallest absolute Gasteiger partial charge is 0.123 e. The zero-order valence-corrected chi connectivity index (χ0v) is 12.5. The van der Waals surface area contributed by atoms with Gasteiger partial charge in [0.2, 0.25) is 0 Å². The van der Waals surface area contributed by atoms with E-state index in [0.717, 1.165) is 25.2 Å². The van der Waals surface area contributed by atoms with Crippen LogP contribution in [0.2, 0.25) is 0 Å². The average Bonchev–Trinajstić information content (AvgIpc) is 2.38. The molecule has 0 saturated heterocycles. The van der Waals surface area contributed by atoms with Crippen molar-refractivity contribution in [2.24, 2.45) is 11.1 Å². The number of nitrogens with zero attached hydrogens (tertiary/aromatic N) is 1. The quantitative estimate of drug-likeness (QED) is 0.731. The Morgan fingerprint density at radius 2 is 1.79 bits per heavy atom. The Hall–Kier alpha value is -0.930. The number of hydrogen-bond acceptors (Lipinski definition) is 2. The lowest BCUT2D eigenvalue weighted by molar-refractivity contribution is 0.289. The molecule has 0 aromatic heterocycles. The molecule has 0 amide bonds. The van der Waals surface area contributed by atoms with Gasteiger partial charge in [0, 0.05) is 6.54 Å². The van der Waals surface area contributed by atoms with Crippen molar-refractivity contribution in [3.63, 3.8) is 0 Å². The van der Waals surface area contributed by atoms with Crippen molar-refractivity contribution in [3.8, 4) is 0 Å². The van der Waals surface area contributed by atoms with Crippen LogP contribution in [0.15, 0.2) is 24.3 Å². The second-order valence-corrected chi connectivity index (χ2v) is 6.19.